The molecule has 0 amide bonds. The molecule has 0 fully saturated rings. The lowest BCUT2D eigenvalue weighted by atomic mass is 10.0. The summed E-state index contributed by atoms with van der Waals surface area (Å²) in [6.07, 6.45) is 1.68. The van der Waals surface area contributed by atoms with Crippen molar-refractivity contribution in [3.05, 3.63) is 42.0 Å². The summed E-state index contributed by atoms with van der Waals surface area (Å²) in [6, 6.07) is 11.1. The molecule has 0 saturated heterocycles. The Bertz CT molecular complexity index is 706. The lowest BCUT2D eigenvalue weighted by Gasteiger charge is -2.10. The lowest BCUT2D eigenvalue weighted by molar-refractivity contribution is -0.146. The number of hydrogen-bond donors (Lipinski definition) is 0. The molecular weight excluding hydrogens is 292 g/mol. The summed E-state index contributed by atoms with van der Waals surface area (Å²) in [5.74, 6) is 0.0952. The Hall–Kier alpha value is -2.36. The quantitative estimate of drug-likeness (QED) is 0.572. The minimum absolute atomic E-state index is 0.170. The molecule has 0 radical (unpaired) electrons. The van der Waals surface area contributed by atoms with Gasteiger partial charge in [0.25, 0.3) is 0 Å². The zero-order chi connectivity index (χ0) is 16.8. The summed E-state index contributed by atoms with van der Waals surface area (Å²) in [4.78, 5) is 24.0. The number of ether oxygens (including phenoxy) is 2. The maximum atomic E-state index is 12.2. The molecule has 1 atom stereocenters. The van der Waals surface area contributed by atoms with Crippen molar-refractivity contribution in [3.63, 3.8) is 0 Å². The molecule has 2 rings (SSSR count). The van der Waals surface area contributed by atoms with Crippen LogP contribution in [0, 0.1) is 5.92 Å². The van der Waals surface area contributed by atoms with Gasteiger partial charge in [0, 0.05) is 5.56 Å². The van der Waals surface area contributed by atoms with E-state index in [0.29, 0.717) is 5.56 Å². The van der Waals surface area contributed by atoms with Gasteiger partial charge in [-0.1, -0.05) is 38.5 Å². The number of benzene rings is 2. The predicted octanol–water partition coefficient (Wildman–Crippen LogP) is 4.01. The predicted molar refractivity (Wildman–Crippen MR) is 89.9 cm³/mol. The molecule has 2 aromatic carbocycles. The first-order valence-electron chi connectivity index (χ1n) is 7.82. The van der Waals surface area contributed by atoms with E-state index in [1.165, 1.54) is 0 Å². The number of esters is 1. The Balaban J connectivity index is 2.05. The fourth-order valence-electron chi connectivity index (χ4n) is 2.44. The van der Waals surface area contributed by atoms with Gasteiger partial charge in [-0.15, -0.1) is 0 Å². The number of hydrogen-bond acceptors (Lipinski definition) is 4. The fraction of sp³-hybridized carbons (Fsp3) is 0.368. The van der Waals surface area contributed by atoms with E-state index < -0.39 is 0 Å². The number of fused-ring (bicyclic) bond motifs is 1. The van der Waals surface area contributed by atoms with Gasteiger partial charge >= 0.3 is 5.97 Å². The van der Waals surface area contributed by atoms with E-state index in [1.54, 1.807) is 19.2 Å². The van der Waals surface area contributed by atoms with Crippen LogP contribution in [-0.2, 0) is 9.53 Å². The van der Waals surface area contributed by atoms with Crippen LogP contribution in [0.25, 0.3) is 10.8 Å². The highest BCUT2D eigenvalue weighted by Gasteiger charge is 2.16. The molecule has 23 heavy (non-hydrogen) atoms. The summed E-state index contributed by atoms with van der Waals surface area (Å²) in [5, 5.41) is 1.94. The number of rotatable bonds is 7. The zero-order valence-electron chi connectivity index (χ0n) is 13.8. The number of Topliss-reactive ketones (excluding diaryl/α,β-unsaturated/α-hetero) is 1. The molecular formula is C19H22O4. The van der Waals surface area contributed by atoms with Crippen LogP contribution < -0.4 is 4.74 Å². The maximum absolute atomic E-state index is 12.2. The van der Waals surface area contributed by atoms with Crippen molar-refractivity contribution in [2.45, 2.75) is 26.7 Å². The van der Waals surface area contributed by atoms with Crippen molar-refractivity contribution in [2.24, 2.45) is 5.92 Å². The molecule has 4 nitrogen and oxygen atoms in total. The Morgan fingerprint density at radius 1 is 1.09 bits per heavy atom. The average molecular weight is 314 g/mol. The minimum atomic E-state index is -0.314. The van der Waals surface area contributed by atoms with E-state index >= 15 is 0 Å². The highest BCUT2D eigenvalue weighted by molar-refractivity contribution is 6.01. The topological polar surface area (TPSA) is 52.6 Å². The number of methoxy groups -OCH3 is 1. The Kier molecular flexibility index (Phi) is 5.74. The van der Waals surface area contributed by atoms with Crippen LogP contribution in [-0.4, -0.2) is 25.5 Å². The standard InChI is InChI=1S/C19H22O4/c1-4-5-13(2)19(21)23-12-18(20)16-7-6-15-11-17(22-3)9-8-14(15)10-16/h6-11,13H,4-5,12H2,1-3H3/t13-/m0/s1. The van der Waals surface area contributed by atoms with Crippen LogP contribution in [0.3, 0.4) is 0 Å². The monoisotopic (exact) mass is 314 g/mol. The van der Waals surface area contributed by atoms with Crippen molar-refractivity contribution in [2.75, 3.05) is 13.7 Å². The molecule has 0 saturated carbocycles. The zero-order valence-corrected chi connectivity index (χ0v) is 13.8. The lowest BCUT2D eigenvalue weighted by Crippen LogP contribution is -2.19. The molecule has 0 spiro atoms. The van der Waals surface area contributed by atoms with Gasteiger partial charge in [0.05, 0.1) is 13.0 Å². The third kappa shape index (κ3) is 4.31. The molecule has 0 bridgehead atoms. The third-order valence-corrected chi connectivity index (χ3v) is 3.84. The van der Waals surface area contributed by atoms with Crippen LogP contribution in [0.15, 0.2) is 36.4 Å². The SMILES string of the molecule is CCC[C@H](C)C(=O)OCC(=O)c1ccc2cc(OC)ccc2c1. The van der Waals surface area contributed by atoms with Crippen molar-refractivity contribution in [3.8, 4) is 5.75 Å². The molecule has 0 N–H and O–H groups in total. The second-order valence-corrected chi connectivity index (χ2v) is 5.65. The first-order valence-corrected chi connectivity index (χ1v) is 7.82. The molecule has 0 aromatic heterocycles. The molecule has 0 heterocycles. The molecule has 0 aliphatic carbocycles. The molecule has 0 aliphatic heterocycles. The molecule has 2 aromatic rings. The van der Waals surface area contributed by atoms with E-state index in [9.17, 15) is 9.59 Å². The van der Waals surface area contributed by atoms with E-state index in [2.05, 4.69) is 0 Å². The van der Waals surface area contributed by atoms with E-state index in [1.807, 2.05) is 38.1 Å². The van der Waals surface area contributed by atoms with Gasteiger partial charge in [-0.3, -0.25) is 9.59 Å². The fourth-order valence-corrected chi connectivity index (χ4v) is 2.44. The smallest absolute Gasteiger partial charge is 0.309 e. The Labute approximate surface area is 136 Å². The second-order valence-electron chi connectivity index (χ2n) is 5.65. The summed E-state index contributed by atoms with van der Waals surface area (Å²) in [6.45, 7) is 3.62. The Morgan fingerprint density at radius 2 is 1.78 bits per heavy atom. The highest BCUT2D eigenvalue weighted by atomic mass is 16.5. The normalized spacial score (nSPS) is 12.0. The van der Waals surface area contributed by atoms with Gasteiger partial charge in [0.1, 0.15) is 5.75 Å². The second kappa shape index (κ2) is 7.77. The third-order valence-electron chi connectivity index (χ3n) is 3.84. The minimum Gasteiger partial charge on any atom is -0.497 e. The number of carbonyl (C=O) groups excluding carboxylic acids is 2. The molecule has 0 aliphatic rings. The van der Waals surface area contributed by atoms with Crippen LogP contribution in [0.5, 0.6) is 5.75 Å². The highest BCUT2D eigenvalue weighted by Crippen LogP contribution is 2.22. The average Bonchev–Trinajstić information content (AvgIpc) is 2.58. The summed E-state index contributed by atoms with van der Waals surface area (Å²) >= 11 is 0. The van der Waals surface area contributed by atoms with E-state index in [-0.39, 0.29) is 24.3 Å². The van der Waals surface area contributed by atoms with Crippen molar-refractivity contribution in [1.29, 1.82) is 0 Å². The number of ketones is 1. The van der Waals surface area contributed by atoms with Crippen molar-refractivity contribution >= 4 is 22.5 Å². The van der Waals surface area contributed by atoms with Gasteiger partial charge < -0.3 is 9.47 Å². The molecule has 122 valence electrons. The first kappa shape index (κ1) is 17.0. The van der Waals surface area contributed by atoms with Gasteiger partial charge in [-0.2, -0.15) is 0 Å². The van der Waals surface area contributed by atoms with Gasteiger partial charge in [0.2, 0.25) is 0 Å². The first-order chi connectivity index (χ1) is 11.0. The van der Waals surface area contributed by atoms with Crippen molar-refractivity contribution in [1.82, 2.24) is 0 Å². The van der Waals surface area contributed by atoms with Gasteiger partial charge in [-0.25, -0.2) is 0 Å². The molecule has 0 unspecified atom stereocenters. The summed E-state index contributed by atoms with van der Waals surface area (Å²) in [7, 11) is 1.62. The maximum Gasteiger partial charge on any atom is 0.309 e. The molecule has 4 heteroatoms. The summed E-state index contributed by atoms with van der Waals surface area (Å²) in [5.41, 5.74) is 0.540. The van der Waals surface area contributed by atoms with Crippen LogP contribution in [0.4, 0.5) is 0 Å². The summed E-state index contributed by atoms with van der Waals surface area (Å²) < 4.78 is 10.3. The van der Waals surface area contributed by atoms with Gasteiger partial charge in [-0.05, 0) is 35.4 Å². The van der Waals surface area contributed by atoms with E-state index in [0.717, 1.165) is 29.4 Å². The van der Waals surface area contributed by atoms with Crippen LogP contribution in [0.1, 0.15) is 37.0 Å². The van der Waals surface area contributed by atoms with E-state index in [4.69, 9.17) is 9.47 Å². The van der Waals surface area contributed by atoms with Crippen molar-refractivity contribution < 1.29 is 19.1 Å². The Morgan fingerprint density at radius 3 is 2.48 bits per heavy atom. The van der Waals surface area contributed by atoms with Crippen LogP contribution >= 0.6 is 0 Å². The number of carbonyl (C=O) groups is 2. The largest absolute Gasteiger partial charge is 0.497 e. The van der Waals surface area contributed by atoms with Crippen LogP contribution in [0.2, 0.25) is 0 Å². The van der Waals surface area contributed by atoms with Gasteiger partial charge in [0.15, 0.2) is 12.4 Å².